The molecule has 0 bridgehead atoms. The van der Waals surface area contributed by atoms with Gasteiger partial charge in [0.15, 0.2) is 0 Å². The molecule has 1 saturated carbocycles. The molecule has 1 aromatic carbocycles. The summed E-state index contributed by atoms with van der Waals surface area (Å²) in [5, 5.41) is 9.50. The average molecular weight is 278 g/mol. The first-order valence-electron chi connectivity index (χ1n) is 7.06. The fraction of sp³-hybridized carbons (Fsp3) is 0.562. The van der Waals surface area contributed by atoms with E-state index in [-0.39, 0.29) is 6.10 Å². The second-order valence-corrected chi connectivity index (χ2v) is 5.46. The Balaban J connectivity index is 2.34. The summed E-state index contributed by atoms with van der Waals surface area (Å²) >= 11 is 0. The fourth-order valence-corrected chi connectivity index (χ4v) is 2.48. The lowest BCUT2D eigenvalue weighted by Gasteiger charge is -2.21. The van der Waals surface area contributed by atoms with Crippen molar-refractivity contribution in [2.24, 2.45) is 0 Å². The molecule has 4 nitrogen and oxygen atoms in total. The molecule has 110 valence electrons. The van der Waals surface area contributed by atoms with E-state index in [1.165, 1.54) is 0 Å². The highest BCUT2D eigenvalue weighted by molar-refractivity contribution is 5.86. The Hall–Kier alpha value is -1.55. The molecule has 1 aliphatic rings. The third-order valence-electron chi connectivity index (χ3n) is 3.86. The van der Waals surface area contributed by atoms with Crippen LogP contribution in [0, 0.1) is 0 Å². The summed E-state index contributed by atoms with van der Waals surface area (Å²) in [7, 11) is 1.63. The largest absolute Gasteiger partial charge is 0.488 e. The average Bonchev–Trinajstić information content (AvgIpc) is 3.21. The first kappa shape index (κ1) is 14.9. The molecule has 0 aliphatic heterocycles. The molecule has 2 rings (SSSR count). The third kappa shape index (κ3) is 2.80. The second-order valence-electron chi connectivity index (χ2n) is 5.46. The van der Waals surface area contributed by atoms with Crippen LogP contribution in [0.25, 0.3) is 0 Å². The minimum Gasteiger partial charge on any atom is -0.488 e. The molecule has 1 atom stereocenters. The van der Waals surface area contributed by atoms with Crippen LogP contribution >= 0.6 is 0 Å². The number of hydrogen-bond donors (Lipinski definition) is 1. The van der Waals surface area contributed by atoms with E-state index in [1.807, 2.05) is 25.1 Å². The van der Waals surface area contributed by atoms with Gasteiger partial charge in [-0.2, -0.15) is 0 Å². The summed E-state index contributed by atoms with van der Waals surface area (Å²) < 4.78 is 10.9. The van der Waals surface area contributed by atoms with E-state index in [0.717, 1.165) is 17.5 Å². The molecule has 1 N–H and O–H groups in total. The molecule has 0 heterocycles. The van der Waals surface area contributed by atoms with E-state index < -0.39 is 11.4 Å². The van der Waals surface area contributed by atoms with Crippen LogP contribution in [0.3, 0.4) is 0 Å². The van der Waals surface area contributed by atoms with Gasteiger partial charge in [0.25, 0.3) is 0 Å². The van der Waals surface area contributed by atoms with Crippen LogP contribution < -0.4 is 4.74 Å². The van der Waals surface area contributed by atoms with Crippen molar-refractivity contribution in [3.8, 4) is 5.75 Å². The van der Waals surface area contributed by atoms with E-state index in [1.54, 1.807) is 7.11 Å². The van der Waals surface area contributed by atoms with Crippen LogP contribution in [0.2, 0.25) is 0 Å². The number of ether oxygens (including phenoxy) is 2. The van der Waals surface area contributed by atoms with E-state index in [9.17, 15) is 9.90 Å². The maximum atomic E-state index is 11.6. The quantitative estimate of drug-likeness (QED) is 0.833. The van der Waals surface area contributed by atoms with Crippen molar-refractivity contribution >= 4 is 5.97 Å². The third-order valence-corrected chi connectivity index (χ3v) is 3.86. The molecule has 0 saturated heterocycles. The Labute approximate surface area is 119 Å². The molecular weight excluding hydrogens is 256 g/mol. The lowest BCUT2D eigenvalue weighted by Crippen LogP contribution is -2.24. The minimum absolute atomic E-state index is 0.101. The van der Waals surface area contributed by atoms with Crippen molar-refractivity contribution in [3.63, 3.8) is 0 Å². The molecule has 0 radical (unpaired) electrons. The summed E-state index contributed by atoms with van der Waals surface area (Å²) in [6.45, 7) is 4.46. The minimum atomic E-state index is -0.755. The van der Waals surface area contributed by atoms with Gasteiger partial charge in [0.1, 0.15) is 11.9 Å². The van der Waals surface area contributed by atoms with Gasteiger partial charge in [-0.15, -0.1) is 0 Å². The number of carbonyl (C=O) groups is 1. The molecule has 0 amide bonds. The van der Waals surface area contributed by atoms with Crippen LogP contribution in [0.4, 0.5) is 0 Å². The van der Waals surface area contributed by atoms with Crippen LogP contribution in [-0.2, 0) is 21.4 Å². The summed E-state index contributed by atoms with van der Waals surface area (Å²) in [6.07, 6.45) is 2.15. The molecule has 0 spiro atoms. The van der Waals surface area contributed by atoms with Crippen LogP contribution in [0.15, 0.2) is 18.2 Å². The molecule has 4 heteroatoms. The molecular formula is C16H22O4. The standard InChI is InChI=1S/C16H22O4/c1-4-12-5-6-14(20-11(2)10-19-3)13(9-12)16(7-8-16)15(17)18/h5-6,9,11H,4,7-8,10H2,1-3H3,(H,17,18). The molecule has 0 aromatic heterocycles. The lowest BCUT2D eigenvalue weighted by atomic mass is 9.93. The van der Waals surface area contributed by atoms with Gasteiger partial charge in [0, 0.05) is 12.7 Å². The van der Waals surface area contributed by atoms with Gasteiger partial charge in [-0.25, -0.2) is 0 Å². The van der Waals surface area contributed by atoms with Gasteiger partial charge >= 0.3 is 5.97 Å². The lowest BCUT2D eigenvalue weighted by molar-refractivity contribution is -0.140. The summed E-state index contributed by atoms with van der Waals surface area (Å²) in [6, 6.07) is 5.87. The van der Waals surface area contributed by atoms with Gasteiger partial charge in [-0.3, -0.25) is 4.79 Å². The SMILES string of the molecule is CCc1ccc(OC(C)COC)c(C2(C(=O)O)CC2)c1. The Kier molecular flexibility index (Phi) is 4.33. The summed E-state index contributed by atoms with van der Waals surface area (Å²) in [5.41, 5.74) is 1.21. The Morgan fingerprint density at radius 2 is 2.15 bits per heavy atom. The van der Waals surface area contributed by atoms with Crippen molar-refractivity contribution < 1.29 is 19.4 Å². The molecule has 1 unspecified atom stereocenters. The molecule has 20 heavy (non-hydrogen) atoms. The summed E-state index contributed by atoms with van der Waals surface area (Å²) in [5.74, 6) is -0.0818. The second kappa shape index (κ2) is 5.83. The van der Waals surface area contributed by atoms with Crippen LogP contribution in [0.5, 0.6) is 5.75 Å². The van der Waals surface area contributed by atoms with Crippen molar-refractivity contribution in [1.29, 1.82) is 0 Å². The monoisotopic (exact) mass is 278 g/mol. The fourth-order valence-electron chi connectivity index (χ4n) is 2.48. The number of carboxylic acid groups (broad SMARTS) is 1. The maximum Gasteiger partial charge on any atom is 0.314 e. The topological polar surface area (TPSA) is 55.8 Å². The summed E-state index contributed by atoms with van der Waals surface area (Å²) in [4.78, 5) is 11.6. The Morgan fingerprint density at radius 1 is 1.45 bits per heavy atom. The van der Waals surface area contributed by atoms with E-state index in [4.69, 9.17) is 9.47 Å². The Bertz CT molecular complexity index is 491. The van der Waals surface area contributed by atoms with Gasteiger partial charge in [0.05, 0.1) is 12.0 Å². The zero-order chi connectivity index (χ0) is 14.8. The predicted molar refractivity (Wildman–Crippen MR) is 76.3 cm³/mol. The van der Waals surface area contributed by atoms with E-state index >= 15 is 0 Å². The normalized spacial score (nSPS) is 17.6. The first-order valence-corrected chi connectivity index (χ1v) is 7.06. The molecule has 1 aliphatic carbocycles. The van der Waals surface area contributed by atoms with Crippen molar-refractivity contribution in [1.82, 2.24) is 0 Å². The highest BCUT2D eigenvalue weighted by Crippen LogP contribution is 2.52. The number of aliphatic carboxylic acids is 1. The Morgan fingerprint density at radius 3 is 2.65 bits per heavy atom. The smallest absolute Gasteiger partial charge is 0.314 e. The number of rotatable bonds is 7. The van der Waals surface area contributed by atoms with Crippen molar-refractivity contribution in [2.45, 2.75) is 44.6 Å². The first-order chi connectivity index (χ1) is 9.53. The molecule has 1 aromatic rings. The molecule has 1 fully saturated rings. The number of hydrogen-bond acceptors (Lipinski definition) is 3. The van der Waals surface area contributed by atoms with Gasteiger partial charge in [-0.05, 0) is 37.8 Å². The van der Waals surface area contributed by atoms with Gasteiger partial charge < -0.3 is 14.6 Å². The number of benzene rings is 1. The van der Waals surface area contributed by atoms with E-state index in [2.05, 4.69) is 6.92 Å². The maximum absolute atomic E-state index is 11.6. The van der Waals surface area contributed by atoms with Gasteiger partial charge in [-0.1, -0.05) is 19.1 Å². The number of aryl methyl sites for hydroxylation is 1. The van der Waals surface area contributed by atoms with Gasteiger partial charge in [0.2, 0.25) is 0 Å². The van der Waals surface area contributed by atoms with Crippen LogP contribution in [-0.4, -0.2) is 30.9 Å². The van der Waals surface area contributed by atoms with Crippen molar-refractivity contribution in [3.05, 3.63) is 29.3 Å². The van der Waals surface area contributed by atoms with Crippen LogP contribution in [0.1, 0.15) is 37.8 Å². The highest BCUT2D eigenvalue weighted by atomic mass is 16.5. The highest BCUT2D eigenvalue weighted by Gasteiger charge is 2.53. The number of carboxylic acids is 1. The predicted octanol–water partition coefficient (Wildman–Crippen LogP) is 2.78. The van der Waals surface area contributed by atoms with E-state index in [0.29, 0.717) is 25.2 Å². The zero-order valence-electron chi connectivity index (χ0n) is 12.3. The van der Waals surface area contributed by atoms with Crippen molar-refractivity contribution in [2.75, 3.05) is 13.7 Å². The zero-order valence-corrected chi connectivity index (χ0v) is 12.3. The number of methoxy groups -OCH3 is 1.